The average molecular weight is 273 g/mol. The Labute approximate surface area is 94.0 Å². The van der Waals surface area contributed by atoms with E-state index in [1.165, 1.54) is 5.56 Å². The van der Waals surface area contributed by atoms with Crippen LogP contribution in [0.5, 0.6) is 0 Å². The van der Waals surface area contributed by atoms with Crippen LogP contribution in [0.4, 0.5) is 5.82 Å². The van der Waals surface area contributed by atoms with Crippen molar-refractivity contribution in [3.8, 4) is 10.6 Å². The molecule has 2 aromatic heterocycles. The lowest BCUT2D eigenvalue weighted by Gasteiger charge is -1.95. The van der Waals surface area contributed by atoms with Crippen LogP contribution >= 0.6 is 27.3 Å². The van der Waals surface area contributed by atoms with E-state index in [9.17, 15) is 0 Å². The maximum absolute atomic E-state index is 5.59. The lowest BCUT2D eigenvalue weighted by molar-refractivity contribution is 0.436. The van der Waals surface area contributed by atoms with Gasteiger partial charge in [0, 0.05) is 0 Å². The van der Waals surface area contributed by atoms with Crippen molar-refractivity contribution in [1.29, 1.82) is 0 Å². The first-order valence-electron chi connectivity index (χ1n) is 4.21. The summed E-state index contributed by atoms with van der Waals surface area (Å²) in [6.07, 6.45) is 0.978. The number of anilines is 1. The van der Waals surface area contributed by atoms with Crippen LogP contribution in [0.1, 0.15) is 12.5 Å². The Bertz CT molecular complexity index is 449. The summed E-state index contributed by atoms with van der Waals surface area (Å²) in [6, 6.07) is 2.09. The van der Waals surface area contributed by atoms with E-state index < -0.39 is 0 Å². The van der Waals surface area contributed by atoms with E-state index >= 15 is 0 Å². The SMILES string of the molecule is CCc1ccsc1-c1onc(N)c1Br. The molecule has 0 fully saturated rings. The van der Waals surface area contributed by atoms with Crippen molar-refractivity contribution in [3.63, 3.8) is 0 Å². The summed E-state index contributed by atoms with van der Waals surface area (Å²) in [4.78, 5) is 1.10. The predicted molar refractivity (Wildman–Crippen MR) is 61.3 cm³/mol. The van der Waals surface area contributed by atoms with Gasteiger partial charge in [0.1, 0.15) is 4.47 Å². The third-order valence-electron chi connectivity index (χ3n) is 1.99. The Morgan fingerprint density at radius 2 is 2.43 bits per heavy atom. The van der Waals surface area contributed by atoms with Crippen molar-refractivity contribution in [1.82, 2.24) is 5.16 Å². The molecule has 2 heterocycles. The number of nitrogens with two attached hydrogens (primary N) is 1. The van der Waals surface area contributed by atoms with E-state index in [4.69, 9.17) is 10.3 Å². The van der Waals surface area contributed by atoms with Gasteiger partial charge in [0.15, 0.2) is 11.6 Å². The number of nitrogen functional groups attached to an aromatic ring is 1. The quantitative estimate of drug-likeness (QED) is 0.913. The van der Waals surface area contributed by atoms with Crippen molar-refractivity contribution < 1.29 is 4.52 Å². The summed E-state index contributed by atoms with van der Waals surface area (Å²) < 4.78 is 5.92. The molecular formula is C9H9BrN2OS. The number of aromatic nitrogens is 1. The van der Waals surface area contributed by atoms with Gasteiger partial charge in [-0.15, -0.1) is 11.3 Å². The lowest BCUT2D eigenvalue weighted by Crippen LogP contribution is -1.83. The van der Waals surface area contributed by atoms with Crippen LogP contribution < -0.4 is 5.73 Å². The molecule has 0 spiro atoms. The van der Waals surface area contributed by atoms with E-state index in [0.29, 0.717) is 5.82 Å². The molecule has 3 nitrogen and oxygen atoms in total. The largest absolute Gasteiger partial charge is 0.380 e. The number of thiophene rings is 1. The van der Waals surface area contributed by atoms with Gasteiger partial charge in [-0.25, -0.2) is 0 Å². The number of aryl methyl sites for hydroxylation is 1. The molecule has 2 N–H and O–H groups in total. The second-order valence-corrected chi connectivity index (χ2v) is 4.55. The first kappa shape index (κ1) is 9.73. The van der Waals surface area contributed by atoms with Crippen molar-refractivity contribution in [3.05, 3.63) is 21.5 Å². The Balaban J connectivity index is 2.54. The second-order valence-electron chi connectivity index (χ2n) is 2.84. The smallest absolute Gasteiger partial charge is 0.193 e. The molecule has 2 aromatic rings. The Hall–Kier alpha value is -0.810. The molecule has 0 aliphatic heterocycles. The fraction of sp³-hybridized carbons (Fsp3) is 0.222. The van der Waals surface area contributed by atoms with E-state index in [1.54, 1.807) is 11.3 Å². The van der Waals surface area contributed by atoms with Gasteiger partial charge >= 0.3 is 0 Å². The zero-order chi connectivity index (χ0) is 10.1. The minimum atomic E-state index is 0.399. The van der Waals surface area contributed by atoms with E-state index in [-0.39, 0.29) is 0 Å². The van der Waals surface area contributed by atoms with Crippen molar-refractivity contribution in [2.45, 2.75) is 13.3 Å². The highest BCUT2D eigenvalue weighted by Gasteiger charge is 2.16. The van der Waals surface area contributed by atoms with E-state index in [2.05, 4.69) is 34.1 Å². The molecule has 0 aromatic carbocycles. The van der Waals surface area contributed by atoms with Gasteiger partial charge in [-0.3, -0.25) is 0 Å². The van der Waals surface area contributed by atoms with Crippen LogP contribution in [-0.2, 0) is 6.42 Å². The highest BCUT2D eigenvalue weighted by Crippen LogP contribution is 2.37. The summed E-state index contributed by atoms with van der Waals surface area (Å²) in [5.41, 5.74) is 6.85. The van der Waals surface area contributed by atoms with Crippen LogP contribution in [0, 0.1) is 0 Å². The summed E-state index contributed by atoms with van der Waals surface area (Å²) in [6.45, 7) is 2.11. The number of nitrogens with zero attached hydrogens (tertiary/aromatic N) is 1. The monoisotopic (exact) mass is 272 g/mol. The third-order valence-corrected chi connectivity index (χ3v) is 3.72. The molecule has 0 unspecified atom stereocenters. The Kier molecular flexibility index (Phi) is 2.60. The van der Waals surface area contributed by atoms with Gasteiger partial charge in [-0.1, -0.05) is 12.1 Å². The molecule has 0 radical (unpaired) electrons. The first-order valence-corrected chi connectivity index (χ1v) is 5.88. The molecular weight excluding hydrogens is 264 g/mol. The third kappa shape index (κ3) is 1.46. The molecule has 0 amide bonds. The number of halogens is 1. The summed E-state index contributed by atoms with van der Waals surface area (Å²) in [5, 5.41) is 5.75. The zero-order valence-corrected chi connectivity index (χ0v) is 9.98. The highest BCUT2D eigenvalue weighted by molar-refractivity contribution is 9.10. The molecule has 5 heteroatoms. The first-order chi connectivity index (χ1) is 6.74. The van der Waals surface area contributed by atoms with Crippen LogP contribution in [0.2, 0.25) is 0 Å². The minimum Gasteiger partial charge on any atom is -0.380 e. The second kappa shape index (κ2) is 3.74. The van der Waals surface area contributed by atoms with Crippen molar-refractivity contribution in [2.24, 2.45) is 0 Å². The van der Waals surface area contributed by atoms with Gasteiger partial charge in [-0.05, 0) is 39.4 Å². The fourth-order valence-electron chi connectivity index (χ4n) is 1.25. The fourth-order valence-corrected chi connectivity index (χ4v) is 2.70. The highest BCUT2D eigenvalue weighted by atomic mass is 79.9. The lowest BCUT2D eigenvalue weighted by atomic mass is 10.2. The Morgan fingerprint density at radius 1 is 1.64 bits per heavy atom. The predicted octanol–water partition coefficient (Wildman–Crippen LogP) is 3.31. The minimum absolute atomic E-state index is 0.399. The summed E-state index contributed by atoms with van der Waals surface area (Å²) >= 11 is 5.00. The average Bonchev–Trinajstić information content (AvgIpc) is 2.75. The zero-order valence-electron chi connectivity index (χ0n) is 7.58. The van der Waals surface area contributed by atoms with Gasteiger partial charge in [0.05, 0.1) is 4.88 Å². The van der Waals surface area contributed by atoms with Crippen LogP contribution in [0.3, 0.4) is 0 Å². The maximum Gasteiger partial charge on any atom is 0.193 e. The van der Waals surface area contributed by atoms with Gasteiger partial charge in [0.25, 0.3) is 0 Å². The maximum atomic E-state index is 5.59. The van der Waals surface area contributed by atoms with Crippen LogP contribution in [-0.4, -0.2) is 5.16 Å². The molecule has 0 aliphatic rings. The van der Waals surface area contributed by atoms with Gasteiger partial charge < -0.3 is 10.3 Å². The molecule has 0 atom stereocenters. The van der Waals surface area contributed by atoms with Gasteiger partial charge in [0.2, 0.25) is 0 Å². The van der Waals surface area contributed by atoms with Gasteiger partial charge in [-0.2, -0.15) is 0 Å². The summed E-state index contributed by atoms with van der Waals surface area (Å²) in [5.74, 6) is 1.13. The van der Waals surface area contributed by atoms with E-state index in [0.717, 1.165) is 21.5 Å². The molecule has 14 heavy (non-hydrogen) atoms. The Morgan fingerprint density at radius 3 is 3.00 bits per heavy atom. The number of hydrogen-bond acceptors (Lipinski definition) is 4. The number of hydrogen-bond donors (Lipinski definition) is 1. The molecule has 0 aliphatic carbocycles. The van der Waals surface area contributed by atoms with E-state index in [1.807, 2.05) is 5.38 Å². The van der Waals surface area contributed by atoms with Crippen molar-refractivity contribution in [2.75, 3.05) is 5.73 Å². The molecule has 0 saturated carbocycles. The van der Waals surface area contributed by atoms with Crippen molar-refractivity contribution >= 4 is 33.1 Å². The normalized spacial score (nSPS) is 10.7. The topological polar surface area (TPSA) is 52.0 Å². The molecule has 74 valence electrons. The molecule has 0 bridgehead atoms. The molecule has 2 rings (SSSR count). The molecule has 0 saturated heterocycles. The van der Waals surface area contributed by atoms with Crippen LogP contribution in [0.15, 0.2) is 20.4 Å². The summed E-state index contributed by atoms with van der Waals surface area (Å²) in [7, 11) is 0. The standard InChI is InChI=1S/C9H9BrN2OS/c1-2-5-3-4-14-8(5)7-6(10)9(11)12-13-7/h3-4H,2H2,1H3,(H2,11,12). The number of rotatable bonds is 2. The van der Waals surface area contributed by atoms with Crippen LogP contribution in [0.25, 0.3) is 10.6 Å².